The van der Waals surface area contributed by atoms with E-state index in [4.69, 9.17) is 9.51 Å². The van der Waals surface area contributed by atoms with Crippen molar-refractivity contribution < 1.29 is 4.52 Å². The number of H-pyrrole nitrogens is 1. The van der Waals surface area contributed by atoms with Crippen LogP contribution in [0, 0.1) is 6.92 Å². The normalized spacial score (nSPS) is 16.0. The molecule has 0 saturated carbocycles. The van der Waals surface area contributed by atoms with Gasteiger partial charge in [-0.05, 0) is 50.6 Å². The van der Waals surface area contributed by atoms with Crippen molar-refractivity contribution in [2.24, 2.45) is 0 Å². The number of hydrogen-bond acceptors (Lipinski definition) is 5. The van der Waals surface area contributed by atoms with E-state index >= 15 is 0 Å². The molecule has 0 amide bonds. The van der Waals surface area contributed by atoms with Crippen LogP contribution in [0.15, 0.2) is 53.1 Å². The average Bonchev–Trinajstić information content (AvgIpc) is 3.36. The molecule has 0 spiro atoms. The smallest absolute Gasteiger partial charge is 0.241 e. The lowest BCUT2D eigenvalue weighted by molar-refractivity contribution is 0.179. The van der Waals surface area contributed by atoms with E-state index in [9.17, 15) is 0 Å². The van der Waals surface area contributed by atoms with Gasteiger partial charge in [-0.3, -0.25) is 4.90 Å². The Labute approximate surface area is 163 Å². The van der Waals surface area contributed by atoms with Crippen LogP contribution in [0.3, 0.4) is 0 Å². The molecule has 0 radical (unpaired) electrons. The highest BCUT2D eigenvalue weighted by molar-refractivity contribution is 5.75. The molecule has 3 heterocycles. The van der Waals surface area contributed by atoms with Gasteiger partial charge in [-0.1, -0.05) is 41.6 Å². The largest absolute Gasteiger partial charge is 0.342 e. The first kappa shape index (κ1) is 17.1. The molecule has 1 saturated heterocycles. The molecule has 2 aromatic heterocycles. The molecule has 0 atom stereocenters. The predicted molar refractivity (Wildman–Crippen MR) is 108 cm³/mol. The number of nitrogens with zero attached hydrogens (tertiary/aromatic N) is 4. The third-order valence-corrected chi connectivity index (χ3v) is 5.49. The van der Waals surface area contributed by atoms with Crippen molar-refractivity contribution in [2.45, 2.75) is 32.2 Å². The van der Waals surface area contributed by atoms with Crippen molar-refractivity contribution in [1.82, 2.24) is 25.0 Å². The first-order valence-electron chi connectivity index (χ1n) is 9.81. The summed E-state index contributed by atoms with van der Waals surface area (Å²) in [5, 5.41) is 4.12. The van der Waals surface area contributed by atoms with Gasteiger partial charge in [0.05, 0.1) is 17.6 Å². The van der Waals surface area contributed by atoms with Gasteiger partial charge in [0.25, 0.3) is 0 Å². The van der Waals surface area contributed by atoms with Gasteiger partial charge < -0.3 is 9.51 Å². The molecule has 1 aliphatic rings. The number of nitrogens with one attached hydrogen (secondary N) is 1. The molecular weight excluding hydrogens is 350 g/mol. The van der Waals surface area contributed by atoms with Gasteiger partial charge in [0, 0.05) is 11.5 Å². The monoisotopic (exact) mass is 373 g/mol. The second kappa shape index (κ2) is 7.20. The van der Waals surface area contributed by atoms with E-state index in [-0.39, 0.29) is 0 Å². The highest BCUT2D eigenvalue weighted by Gasteiger charge is 2.24. The van der Waals surface area contributed by atoms with Crippen LogP contribution in [0.5, 0.6) is 0 Å². The fourth-order valence-corrected chi connectivity index (χ4v) is 3.92. The number of imidazole rings is 1. The highest BCUT2D eigenvalue weighted by atomic mass is 16.5. The van der Waals surface area contributed by atoms with E-state index in [0.717, 1.165) is 48.4 Å². The summed E-state index contributed by atoms with van der Waals surface area (Å²) in [7, 11) is 0. The standard InChI is InChI=1S/C22H23N5O/c1-15-7-8-18-19(13-15)24-21(23-18)17-9-11-27(12-10-17)14-20-25-22(26-28-20)16-5-3-2-4-6-16/h2-8,13,17H,9-12,14H2,1H3,(H,23,24). The summed E-state index contributed by atoms with van der Waals surface area (Å²) in [5.41, 5.74) is 4.43. The number of likely N-dealkylation sites (tertiary alicyclic amines) is 1. The molecule has 2 aromatic carbocycles. The number of hydrogen-bond donors (Lipinski definition) is 1. The fraction of sp³-hybridized carbons (Fsp3) is 0.318. The Kier molecular flexibility index (Phi) is 4.41. The van der Waals surface area contributed by atoms with Gasteiger partial charge in [-0.2, -0.15) is 4.98 Å². The van der Waals surface area contributed by atoms with Crippen LogP contribution in [0.25, 0.3) is 22.4 Å². The minimum atomic E-state index is 0.478. The lowest BCUT2D eigenvalue weighted by Gasteiger charge is -2.29. The van der Waals surface area contributed by atoms with Gasteiger partial charge in [0.15, 0.2) is 0 Å². The fourth-order valence-electron chi connectivity index (χ4n) is 3.92. The van der Waals surface area contributed by atoms with Crippen molar-refractivity contribution >= 4 is 11.0 Å². The minimum absolute atomic E-state index is 0.478. The summed E-state index contributed by atoms with van der Waals surface area (Å²) in [6.07, 6.45) is 2.16. The molecule has 0 bridgehead atoms. The van der Waals surface area contributed by atoms with Crippen LogP contribution < -0.4 is 0 Å². The zero-order chi connectivity index (χ0) is 18.9. The van der Waals surface area contributed by atoms with Crippen LogP contribution >= 0.6 is 0 Å². The number of aromatic nitrogens is 4. The van der Waals surface area contributed by atoms with E-state index in [1.807, 2.05) is 30.3 Å². The average molecular weight is 373 g/mol. The molecule has 0 unspecified atom stereocenters. The van der Waals surface area contributed by atoms with E-state index in [1.54, 1.807) is 0 Å². The summed E-state index contributed by atoms with van der Waals surface area (Å²) in [6.45, 7) is 4.82. The van der Waals surface area contributed by atoms with Crippen molar-refractivity contribution in [3.05, 3.63) is 65.8 Å². The number of aryl methyl sites for hydroxylation is 1. The molecule has 4 aromatic rings. The van der Waals surface area contributed by atoms with E-state index in [1.165, 1.54) is 5.56 Å². The first-order chi connectivity index (χ1) is 13.7. The number of piperidine rings is 1. The molecule has 1 fully saturated rings. The quantitative estimate of drug-likeness (QED) is 0.577. The maximum atomic E-state index is 5.46. The van der Waals surface area contributed by atoms with E-state index in [2.05, 4.69) is 45.1 Å². The molecule has 0 aliphatic carbocycles. The molecule has 5 rings (SSSR count). The van der Waals surface area contributed by atoms with Crippen molar-refractivity contribution in [3.63, 3.8) is 0 Å². The van der Waals surface area contributed by atoms with E-state index in [0.29, 0.717) is 24.2 Å². The topological polar surface area (TPSA) is 70.8 Å². The van der Waals surface area contributed by atoms with Crippen LogP contribution in [0.1, 0.15) is 36.0 Å². The highest BCUT2D eigenvalue weighted by Crippen LogP contribution is 2.28. The van der Waals surface area contributed by atoms with Gasteiger partial charge in [-0.15, -0.1) is 0 Å². The summed E-state index contributed by atoms with van der Waals surface area (Å²) in [4.78, 5) is 15.3. The molecule has 1 aliphatic heterocycles. The Morgan fingerprint density at radius 3 is 2.71 bits per heavy atom. The van der Waals surface area contributed by atoms with Crippen LogP contribution in [-0.2, 0) is 6.54 Å². The molecule has 1 N–H and O–H groups in total. The molecule has 28 heavy (non-hydrogen) atoms. The van der Waals surface area contributed by atoms with Crippen LogP contribution in [0.2, 0.25) is 0 Å². The third-order valence-electron chi connectivity index (χ3n) is 5.49. The van der Waals surface area contributed by atoms with Crippen molar-refractivity contribution in [3.8, 4) is 11.4 Å². The Balaban J connectivity index is 1.22. The number of rotatable bonds is 4. The zero-order valence-corrected chi connectivity index (χ0v) is 15.9. The minimum Gasteiger partial charge on any atom is -0.342 e. The van der Waals surface area contributed by atoms with Gasteiger partial charge in [0.1, 0.15) is 5.82 Å². The lowest BCUT2D eigenvalue weighted by atomic mass is 9.96. The van der Waals surface area contributed by atoms with Crippen molar-refractivity contribution in [2.75, 3.05) is 13.1 Å². The maximum Gasteiger partial charge on any atom is 0.241 e. The van der Waals surface area contributed by atoms with Crippen LogP contribution in [0.4, 0.5) is 0 Å². The van der Waals surface area contributed by atoms with Crippen molar-refractivity contribution in [1.29, 1.82) is 0 Å². The predicted octanol–water partition coefficient (Wildman–Crippen LogP) is 4.30. The number of fused-ring (bicyclic) bond motifs is 1. The summed E-state index contributed by atoms with van der Waals surface area (Å²) < 4.78 is 5.46. The third kappa shape index (κ3) is 3.43. The maximum absolute atomic E-state index is 5.46. The summed E-state index contributed by atoms with van der Waals surface area (Å²) >= 11 is 0. The van der Waals surface area contributed by atoms with Gasteiger partial charge in [-0.25, -0.2) is 4.98 Å². The Hall–Kier alpha value is -2.99. The SMILES string of the molecule is Cc1ccc2nc(C3CCN(Cc4nc(-c5ccccc5)no4)CC3)[nH]c2c1. The zero-order valence-electron chi connectivity index (χ0n) is 15.9. The molecule has 6 nitrogen and oxygen atoms in total. The second-order valence-corrected chi connectivity index (χ2v) is 7.57. The van der Waals surface area contributed by atoms with Gasteiger partial charge >= 0.3 is 0 Å². The van der Waals surface area contributed by atoms with E-state index < -0.39 is 0 Å². The first-order valence-corrected chi connectivity index (χ1v) is 9.81. The number of benzene rings is 2. The van der Waals surface area contributed by atoms with Crippen LogP contribution in [-0.4, -0.2) is 38.1 Å². The summed E-state index contributed by atoms with van der Waals surface area (Å²) in [6, 6.07) is 16.3. The Morgan fingerprint density at radius 2 is 1.89 bits per heavy atom. The molecule has 142 valence electrons. The molecular formula is C22H23N5O. The second-order valence-electron chi connectivity index (χ2n) is 7.57. The lowest BCUT2D eigenvalue weighted by Crippen LogP contribution is -2.32. The Bertz CT molecular complexity index is 1080. The molecule has 6 heteroatoms. The van der Waals surface area contributed by atoms with Gasteiger partial charge in [0.2, 0.25) is 11.7 Å². The summed E-state index contributed by atoms with van der Waals surface area (Å²) in [5.74, 6) is 2.93. The number of aromatic amines is 1. The Morgan fingerprint density at radius 1 is 1.07 bits per heavy atom.